The van der Waals surface area contributed by atoms with E-state index in [4.69, 9.17) is 4.74 Å². The Hall–Kier alpha value is -1.55. The quantitative estimate of drug-likeness (QED) is 0.877. The van der Waals surface area contributed by atoms with Gasteiger partial charge in [-0.15, -0.1) is 0 Å². The molecule has 0 spiro atoms. The molecule has 2 N–H and O–H groups in total. The number of ether oxygens (including phenoxy) is 1. The summed E-state index contributed by atoms with van der Waals surface area (Å²) in [5.41, 5.74) is 2.87. The molecule has 0 bridgehead atoms. The fraction of sp³-hybridized carbons (Fsp3) is 0.632. The van der Waals surface area contributed by atoms with Gasteiger partial charge in [0.2, 0.25) is 5.91 Å². The molecule has 1 aliphatic heterocycles. The summed E-state index contributed by atoms with van der Waals surface area (Å²) in [5, 5.41) is 13.1. The van der Waals surface area contributed by atoms with Crippen LogP contribution >= 0.6 is 0 Å². The maximum absolute atomic E-state index is 11.6. The molecule has 1 saturated heterocycles. The molecule has 0 unspecified atom stereocenters. The van der Waals surface area contributed by atoms with Gasteiger partial charge in [0.15, 0.2) is 0 Å². The van der Waals surface area contributed by atoms with Crippen molar-refractivity contribution in [3.63, 3.8) is 0 Å². The highest BCUT2D eigenvalue weighted by atomic mass is 16.5. The third-order valence-corrected chi connectivity index (χ3v) is 5.35. The lowest BCUT2D eigenvalue weighted by Crippen LogP contribution is -2.50. The smallest absolute Gasteiger partial charge is 0.217 e. The van der Waals surface area contributed by atoms with E-state index >= 15 is 0 Å². The lowest BCUT2D eigenvalue weighted by molar-refractivity contribution is -0.131. The van der Waals surface area contributed by atoms with Crippen molar-refractivity contribution in [1.82, 2.24) is 5.32 Å². The molecule has 0 radical (unpaired) electrons. The van der Waals surface area contributed by atoms with Crippen molar-refractivity contribution in [2.24, 2.45) is 5.92 Å². The molecule has 4 nitrogen and oxygen atoms in total. The number of amides is 1. The number of aryl methyl sites for hydroxylation is 2. The van der Waals surface area contributed by atoms with E-state index in [1.165, 1.54) is 12.8 Å². The number of carbonyl (C=O) groups is 1. The van der Waals surface area contributed by atoms with Crippen LogP contribution in [0.4, 0.5) is 0 Å². The summed E-state index contributed by atoms with van der Waals surface area (Å²) < 4.78 is 6.41. The van der Waals surface area contributed by atoms with Gasteiger partial charge in [0.1, 0.15) is 5.75 Å². The zero-order valence-electron chi connectivity index (χ0n) is 14.3. The summed E-state index contributed by atoms with van der Waals surface area (Å²) in [7, 11) is 0. The molecule has 2 aliphatic rings. The average Bonchev–Trinajstić information content (AvgIpc) is 2.51. The van der Waals surface area contributed by atoms with Crippen LogP contribution in [-0.4, -0.2) is 23.2 Å². The molecule has 1 aromatic carbocycles. The zero-order chi connectivity index (χ0) is 16.6. The second kappa shape index (κ2) is 6.52. The van der Waals surface area contributed by atoms with Gasteiger partial charge in [-0.2, -0.15) is 0 Å². The highest BCUT2D eigenvalue weighted by Gasteiger charge is 2.40. The third kappa shape index (κ3) is 3.37. The zero-order valence-corrected chi connectivity index (χ0v) is 14.3. The van der Waals surface area contributed by atoms with Crippen molar-refractivity contribution in [2.75, 3.05) is 0 Å². The number of phenols is 1. The Morgan fingerprint density at radius 1 is 1.22 bits per heavy atom. The minimum absolute atomic E-state index is 0.0100. The van der Waals surface area contributed by atoms with Crippen LogP contribution in [0.3, 0.4) is 0 Å². The first-order chi connectivity index (χ1) is 11.0. The van der Waals surface area contributed by atoms with Crippen LogP contribution < -0.4 is 5.32 Å². The van der Waals surface area contributed by atoms with E-state index in [2.05, 4.69) is 5.32 Å². The van der Waals surface area contributed by atoms with Gasteiger partial charge in [0, 0.05) is 18.9 Å². The largest absolute Gasteiger partial charge is 0.507 e. The molecule has 3 rings (SSSR count). The number of nitrogens with one attached hydrogen (secondary N) is 1. The monoisotopic (exact) mass is 317 g/mol. The van der Waals surface area contributed by atoms with Gasteiger partial charge >= 0.3 is 0 Å². The van der Waals surface area contributed by atoms with E-state index in [0.29, 0.717) is 11.7 Å². The topological polar surface area (TPSA) is 58.6 Å². The highest BCUT2D eigenvalue weighted by Crippen LogP contribution is 2.42. The number of phenolic OH excluding ortho intramolecular Hbond substituents is 1. The predicted molar refractivity (Wildman–Crippen MR) is 89.4 cm³/mol. The molecule has 1 aliphatic carbocycles. The summed E-state index contributed by atoms with van der Waals surface area (Å²) in [4.78, 5) is 11.6. The van der Waals surface area contributed by atoms with Crippen molar-refractivity contribution in [2.45, 2.75) is 71.1 Å². The maximum atomic E-state index is 11.6. The van der Waals surface area contributed by atoms with Gasteiger partial charge in [-0.25, -0.2) is 0 Å². The minimum atomic E-state index is -0.0100. The molecule has 1 heterocycles. The van der Waals surface area contributed by atoms with Crippen molar-refractivity contribution in [3.05, 3.63) is 28.8 Å². The first kappa shape index (κ1) is 16.3. The van der Waals surface area contributed by atoms with E-state index < -0.39 is 0 Å². The summed E-state index contributed by atoms with van der Waals surface area (Å²) in [5.74, 6) is 0.833. The second-order valence-electron chi connectivity index (χ2n) is 7.16. The number of rotatable bonds is 2. The van der Waals surface area contributed by atoms with Crippen LogP contribution in [0.5, 0.6) is 5.75 Å². The van der Waals surface area contributed by atoms with Gasteiger partial charge in [0.05, 0.1) is 12.2 Å². The molecule has 23 heavy (non-hydrogen) atoms. The SMILES string of the molecule is CC(=O)N[C@@H]1C[C@H](c2cc(C)c(O)c(C)c2)O[C@@H]2CCCC[C@@H]12. The van der Waals surface area contributed by atoms with Crippen LogP contribution in [0.1, 0.15) is 61.8 Å². The van der Waals surface area contributed by atoms with Crippen molar-refractivity contribution >= 4 is 5.91 Å². The number of hydrogen-bond acceptors (Lipinski definition) is 3. The highest BCUT2D eigenvalue weighted by molar-refractivity contribution is 5.73. The first-order valence-corrected chi connectivity index (χ1v) is 8.68. The van der Waals surface area contributed by atoms with Crippen molar-refractivity contribution in [1.29, 1.82) is 0 Å². The summed E-state index contributed by atoms with van der Waals surface area (Å²) in [6.07, 6.45) is 5.67. The Morgan fingerprint density at radius 2 is 1.87 bits per heavy atom. The van der Waals surface area contributed by atoms with Gasteiger partial charge in [-0.1, -0.05) is 12.8 Å². The number of aromatic hydroxyl groups is 1. The normalized spacial score (nSPS) is 30.6. The Labute approximate surface area is 138 Å². The molecule has 1 aromatic rings. The van der Waals surface area contributed by atoms with Gasteiger partial charge in [-0.05, 0) is 61.9 Å². The van der Waals surface area contributed by atoms with E-state index in [9.17, 15) is 9.90 Å². The Balaban J connectivity index is 1.86. The fourth-order valence-corrected chi connectivity index (χ4v) is 4.24. The third-order valence-electron chi connectivity index (χ3n) is 5.35. The van der Waals surface area contributed by atoms with Gasteiger partial charge < -0.3 is 15.2 Å². The molecule has 4 heteroatoms. The van der Waals surface area contributed by atoms with Crippen LogP contribution in [0.25, 0.3) is 0 Å². The van der Waals surface area contributed by atoms with Gasteiger partial charge in [0.25, 0.3) is 0 Å². The van der Waals surface area contributed by atoms with Crippen LogP contribution in [0.15, 0.2) is 12.1 Å². The van der Waals surface area contributed by atoms with E-state index in [0.717, 1.165) is 36.0 Å². The molecule has 2 fully saturated rings. The summed E-state index contributed by atoms with van der Waals surface area (Å²) >= 11 is 0. The number of carbonyl (C=O) groups excluding carboxylic acids is 1. The number of hydrogen-bond donors (Lipinski definition) is 2. The summed E-state index contributed by atoms with van der Waals surface area (Å²) in [6.45, 7) is 5.43. The Morgan fingerprint density at radius 3 is 2.52 bits per heavy atom. The molecule has 0 aromatic heterocycles. The lowest BCUT2D eigenvalue weighted by atomic mass is 9.76. The molecular weight excluding hydrogens is 290 g/mol. The summed E-state index contributed by atoms with van der Waals surface area (Å²) in [6, 6.07) is 4.22. The number of fused-ring (bicyclic) bond motifs is 1. The Bertz CT molecular complexity index is 575. The first-order valence-electron chi connectivity index (χ1n) is 8.68. The number of benzene rings is 1. The fourth-order valence-electron chi connectivity index (χ4n) is 4.24. The van der Waals surface area contributed by atoms with Crippen molar-refractivity contribution < 1.29 is 14.6 Å². The second-order valence-corrected chi connectivity index (χ2v) is 7.16. The van der Waals surface area contributed by atoms with E-state index in [-0.39, 0.29) is 24.2 Å². The Kier molecular flexibility index (Phi) is 4.62. The molecule has 126 valence electrons. The minimum Gasteiger partial charge on any atom is -0.507 e. The van der Waals surface area contributed by atoms with Crippen LogP contribution in [0, 0.1) is 19.8 Å². The average molecular weight is 317 g/mol. The molecule has 1 saturated carbocycles. The molecule has 4 atom stereocenters. The predicted octanol–water partition coefficient (Wildman–Crippen LogP) is 3.53. The van der Waals surface area contributed by atoms with E-state index in [1.807, 2.05) is 26.0 Å². The van der Waals surface area contributed by atoms with E-state index in [1.54, 1.807) is 6.92 Å². The standard InChI is InChI=1S/C19H27NO3/c1-11-8-14(9-12(2)19(11)22)18-10-16(20-13(3)21)15-6-4-5-7-17(15)23-18/h8-9,15-18,22H,4-7,10H2,1-3H3,(H,20,21)/t15-,16+,17+,18+/m0/s1. The van der Waals surface area contributed by atoms with Crippen LogP contribution in [0.2, 0.25) is 0 Å². The van der Waals surface area contributed by atoms with Gasteiger partial charge in [-0.3, -0.25) is 4.79 Å². The maximum Gasteiger partial charge on any atom is 0.217 e. The molecular formula is C19H27NO3. The van der Waals surface area contributed by atoms with Crippen LogP contribution in [-0.2, 0) is 9.53 Å². The molecule has 1 amide bonds. The van der Waals surface area contributed by atoms with Crippen molar-refractivity contribution in [3.8, 4) is 5.75 Å². The lowest BCUT2D eigenvalue weighted by Gasteiger charge is -2.45.